The van der Waals surface area contributed by atoms with Crippen LogP contribution in [-0.2, 0) is 4.79 Å². The fourth-order valence-electron chi connectivity index (χ4n) is 2.29. The van der Waals surface area contributed by atoms with E-state index in [1.54, 1.807) is 55.7 Å². The van der Waals surface area contributed by atoms with Gasteiger partial charge in [-0.25, -0.2) is 0 Å². The van der Waals surface area contributed by atoms with Crippen LogP contribution in [0.15, 0.2) is 58.1 Å². The number of allylic oxidation sites excluding steroid dienone is 2. The summed E-state index contributed by atoms with van der Waals surface area (Å²) in [6.45, 7) is 1.67. The van der Waals surface area contributed by atoms with Crippen molar-refractivity contribution in [3.8, 4) is 0 Å². The smallest absolute Gasteiger partial charge is 0.270 e. The summed E-state index contributed by atoms with van der Waals surface area (Å²) >= 11 is 6.43. The number of hydrogen-bond donors (Lipinski definition) is 0. The Kier molecular flexibility index (Phi) is 4.87. The third kappa shape index (κ3) is 3.57. The van der Waals surface area contributed by atoms with Crippen LogP contribution in [0.3, 0.4) is 0 Å². The Balaban J connectivity index is 1.87. The summed E-state index contributed by atoms with van der Waals surface area (Å²) in [4.78, 5) is 25.6. The molecule has 1 aromatic heterocycles. The molecule has 0 bridgehead atoms. The molecule has 0 spiro atoms. The average molecular weight is 370 g/mol. The molecule has 7 heteroatoms. The highest BCUT2D eigenvalue weighted by Crippen LogP contribution is 2.35. The zero-order chi connectivity index (χ0) is 18.0. The van der Waals surface area contributed by atoms with Crippen LogP contribution < -0.4 is 10.0 Å². The second kappa shape index (κ2) is 7.08. The fraction of sp³-hybridized carbons (Fsp3) is 0.0556. The standard InChI is InChI=1S/C18H13NO4S2/c1-11-7-8-12(10-14(11)17(21)22)19-16(20)15(25-18(19)24)6-2-4-13-5-3-9-23-13/h2-10H,1H3,(H,21,22)/p-1/b4-2+,15-6-. The number of carboxylic acid groups (broad SMARTS) is 1. The van der Waals surface area contributed by atoms with Gasteiger partial charge in [-0.05, 0) is 48.9 Å². The monoisotopic (exact) mass is 370 g/mol. The maximum Gasteiger partial charge on any atom is 0.270 e. The number of nitrogens with zero attached hydrogens (tertiary/aromatic N) is 1. The van der Waals surface area contributed by atoms with Gasteiger partial charge in [0.2, 0.25) is 0 Å². The van der Waals surface area contributed by atoms with Gasteiger partial charge in [0.05, 0.1) is 22.8 Å². The van der Waals surface area contributed by atoms with Crippen LogP contribution in [-0.4, -0.2) is 16.2 Å². The Morgan fingerprint density at radius 1 is 1.36 bits per heavy atom. The normalized spacial score (nSPS) is 16.4. The van der Waals surface area contributed by atoms with E-state index in [0.717, 1.165) is 11.8 Å². The van der Waals surface area contributed by atoms with Gasteiger partial charge in [0.25, 0.3) is 5.91 Å². The number of aromatic carboxylic acids is 1. The Labute approximate surface area is 153 Å². The van der Waals surface area contributed by atoms with E-state index in [1.165, 1.54) is 11.0 Å². The predicted molar refractivity (Wildman–Crippen MR) is 99.0 cm³/mol. The zero-order valence-electron chi connectivity index (χ0n) is 13.1. The zero-order valence-corrected chi connectivity index (χ0v) is 14.7. The molecule has 126 valence electrons. The molecule has 1 aromatic carbocycles. The summed E-state index contributed by atoms with van der Waals surface area (Å²) in [7, 11) is 0. The first kappa shape index (κ1) is 17.2. The van der Waals surface area contributed by atoms with Crippen molar-refractivity contribution < 1.29 is 19.1 Å². The summed E-state index contributed by atoms with van der Waals surface area (Å²) in [5, 5.41) is 11.2. The second-order valence-corrected chi connectivity index (χ2v) is 6.88. The number of carbonyl (C=O) groups excluding carboxylic acids is 2. The Bertz CT molecular complexity index is 913. The van der Waals surface area contributed by atoms with Gasteiger partial charge in [0, 0.05) is 5.56 Å². The van der Waals surface area contributed by atoms with Crippen LogP contribution in [0, 0.1) is 6.92 Å². The lowest BCUT2D eigenvalue weighted by Gasteiger charge is -2.17. The van der Waals surface area contributed by atoms with E-state index >= 15 is 0 Å². The minimum Gasteiger partial charge on any atom is -0.545 e. The highest BCUT2D eigenvalue weighted by Gasteiger charge is 2.33. The van der Waals surface area contributed by atoms with Crippen LogP contribution >= 0.6 is 24.0 Å². The summed E-state index contributed by atoms with van der Waals surface area (Å²) in [5.41, 5.74) is 1.00. The van der Waals surface area contributed by atoms with Crippen molar-refractivity contribution in [2.45, 2.75) is 6.92 Å². The Morgan fingerprint density at radius 2 is 2.16 bits per heavy atom. The van der Waals surface area contributed by atoms with E-state index in [9.17, 15) is 14.7 Å². The molecule has 5 nitrogen and oxygen atoms in total. The first-order valence-corrected chi connectivity index (χ1v) is 8.50. The Morgan fingerprint density at radius 3 is 2.84 bits per heavy atom. The largest absolute Gasteiger partial charge is 0.545 e. The van der Waals surface area contributed by atoms with Crippen molar-refractivity contribution in [3.05, 3.63) is 70.5 Å². The first-order chi connectivity index (χ1) is 12.0. The lowest BCUT2D eigenvalue weighted by molar-refractivity contribution is -0.255. The molecule has 1 amide bonds. The molecule has 1 aliphatic heterocycles. The quantitative estimate of drug-likeness (QED) is 0.609. The lowest BCUT2D eigenvalue weighted by atomic mass is 10.1. The molecule has 0 aliphatic carbocycles. The van der Waals surface area contributed by atoms with Crippen LogP contribution in [0.5, 0.6) is 0 Å². The van der Waals surface area contributed by atoms with Crippen molar-refractivity contribution >= 4 is 51.9 Å². The first-order valence-electron chi connectivity index (χ1n) is 7.27. The molecule has 2 heterocycles. The maximum absolute atomic E-state index is 12.6. The average Bonchev–Trinajstić information content (AvgIpc) is 3.17. The number of rotatable bonds is 4. The number of carboxylic acids is 1. The van der Waals surface area contributed by atoms with Gasteiger partial charge in [-0.15, -0.1) is 0 Å². The van der Waals surface area contributed by atoms with Gasteiger partial charge in [0.15, 0.2) is 4.32 Å². The minimum atomic E-state index is -1.29. The Hall–Kier alpha value is -2.64. The van der Waals surface area contributed by atoms with Crippen molar-refractivity contribution in [1.29, 1.82) is 0 Å². The minimum absolute atomic E-state index is 0.0354. The SMILES string of the molecule is Cc1ccc(N2C(=O)/C(=C/C=C/c3ccco3)SC2=S)cc1C(=O)[O-]. The van der Waals surface area contributed by atoms with E-state index in [4.69, 9.17) is 16.6 Å². The third-order valence-electron chi connectivity index (χ3n) is 3.54. The van der Waals surface area contributed by atoms with Crippen LogP contribution in [0.25, 0.3) is 6.08 Å². The number of hydrogen-bond acceptors (Lipinski definition) is 6. The molecule has 25 heavy (non-hydrogen) atoms. The number of amides is 1. The molecule has 0 radical (unpaired) electrons. The summed E-state index contributed by atoms with van der Waals surface area (Å²) in [5.74, 6) is -0.919. The highest BCUT2D eigenvalue weighted by atomic mass is 32.2. The van der Waals surface area contributed by atoms with Gasteiger partial charge < -0.3 is 14.3 Å². The molecule has 0 saturated carbocycles. The van der Waals surface area contributed by atoms with Crippen molar-refractivity contribution in [2.24, 2.45) is 0 Å². The summed E-state index contributed by atoms with van der Waals surface area (Å²) in [6, 6.07) is 8.25. The van der Waals surface area contributed by atoms with E-state index in [-0.39, 0.29) is 11.5 Å². The maximum atomic E-state index is 12.6. The number of carbonyl (C=O) groups is 2. The second-order valence-electron chi connectivity index (χ2n) is 5.20. The number of thiocarbonyl (C=S) groups is 1. The van der Waals surface area contributed by atoms with Crippen LogP contribution in [0.1, 0.15) is 21.7 Å². The lowest BCUT2D eigenvalue weighted by Crippen LogP contribution is -2.29. The van der Waals surface area contributed by atoms with E-state index in [0.29, 0.717) is 26.2 Å². The van der Waals surface area contributed by atoms with Gasteiger partial charge in [-0.1, -0.05) is 36.1 Å². The van der Waals surface area contributed by atoms with Gasteiger partial charge in [0.1, 0.15) is 5.76 Å². The number of benzene rings is 1. The van der Waals surface area contributed by atoms with Gasteiger partial charge in [-0.2, -0.15) is 0 Å². The molecule has 0 N–H and O–H groups in total. The van der Waals surface area contributed by atoms with Gasteiger partial charge in [-0.3, -0.25) is 9.69 Å². The topological polar surface area (TPSA) is 73.6 Å². The van der Waals surface area contributed by atoms with Crippen molar-refractivity contribution in [3.63, 3.8) is 0 Å². The van der Waals surface area contributed by atoms with Crippen LogP contribution in [0.4, 0.5) is 5.69 Å². The van der Waals surface area contributed by atoms with E-state index < -0.39 is 5.97 Å². The molecule has 3 rings (SSSR count). The molecule has 1 aliphatic rings. The van der Waals surface area contributed by atoms with E-state index in [2.05, 4.69) is 0 Å². The van der Waals surface area contributed by atoms with Gasteiger partial charge >= 0.3 is 0 Å². The molecule has 1 saturated heterocycles. The molecular weight excluding hydrogens is 358 g/mol. The molecule has 0 unspecified atom stereocenters. The molecule has 1 fully saturated rings. The number of furan rings is 1. The van der Waals surface area contributed by atoms with Crippen LogP contribution in [0.2, 0.25) is 0 Å². The molecule has 0 atom stereocenters. The fourth-order valence-corrected chi connectivity index (χ4v) is 3.54. The number of aryl methyl sites for hydroxylation is 1. The molecule has 2 aromatic rings. The number of thioether (sulfide) groups is 1. The number of anilines is 1. The predicted octanol–water partition coefficient (Wildman–Crippen LogP) is 2.91. The van der Waals surface area contributed by atoms with E-state index in [1.807, 2.05) is 0 Å². The third-order valence-corrected chi connectivity index (χ3v) is 4.86. The highest BCUT2D eigenvalue weighted by molar-refractivity contribution is 8.27. The summed E-state index contributed by atoms with van der Waals surface area (Å²) < 4.78 is 5.52. The molecular formula is C18H12NO4S2-. The van der Waals surface area contributed by atoms with Crippen molar-refractivity contribution in [1.82, 2.24) is 0 Å². The van der Waals surface area contributed by atoms with Crippen molar-refractivity contribution in [2.75, 3.05) is 4.90 Å². The summed E-state index contributed by atoms with van der Waals surface area (Å²) in [6.07, 6.45) is 6.64.